The van der Waals surface area contributed by atoms with Crippen molar-refractivity contribution in [2.45, 2.75) is 103 Å². The fourth-order valence-corrected chi connectivity index (χ4v) is 7.66. The van der Waals surface area contributed by atoms with Crippen LogP contribution in [0.25, 0.3) is 0 Å². The van der Waals surface area contributed by atoms with Crippen LogP contribution in [0.3, 0.4) is 0 Å². The highest BCUT2D eigenvalue weighted by Crippen LogP contribution is 2.38. The second-order valence-corrected chi connectivity index (χ2v) is 19.5. The highest BCUT2D eigenvalue weighted by atomic mass is 127. The minimum absolute atomic E-state index is 0.0209. The van der Waals surface area contributed by atoms with Crippen molar-refractivity contribution in [3.63, 3.8) is 0 Å². The number of alkyl carbamates (subject to hydrolysis) is 1. The second kappa shape index (κ2) is 23.6. The van der Waals surface area contributed by atoms with Crippen molar-refractivity contribution in [1.29, 1.82) is 0 Å². The van der Waals surface area contributed by atoms with Crippen LogP contribution in [-0.2, 0) is 50.9 Å². The zero-order chi connectivity index (χ0) is 50.7. The molecule has 1 fully saturated rings. The summed E-state index contributed by atoms with van der Waals surface area (Å²) in [5.74, 6) is -2.41. The van der Waals surface area contributed by atoms with Gasteiger partial charge in [0.15, 0.2) is 11.6 Å². The number of halogens is 2. The quantitative estimate of drug-likeness (QED) is 0.0285. The van der Waals surface area contributed by atoms with Gasteiger partial charge in [0.25, 0.3) is 0 Å². The Kier molecular flexibility index (Phi) is 18.5. The number of benzene rings is 4. The molecular formula is C50H61BFIN4O12. The lowest BCUT2D eigenvalue weighted by Gasteiger charge is -2.32. The predicted octanol–water partition coefficient (Wildman–Crippen LogP) is 7.10. The van der Waals surface area contributed by atoms with Crippen LogP contribution in [0.15, 0.2) is 91.0 Å². The molecule has 1 saturated heterocycles. The van der Waals surface area contributed by atoms with Gasteiger partial charge in [-0.3, -0.25) is 19.3 Å². The number of amides is 4. The summed E-state index contributed by atoms with van der Waals surface area (Å²) in [5.41, 5.74) is 0.299. The summed E-state index contributed by atoms with van der Waals surface area (Å²) < 4.78 is 58.0. The van der Waals surface area contributed by atoms with Gasteiger partial charge in [-0.25, -0.2) is 14.0 Å². The molecule has 3 atom stereocenters. The van der Waals surface area contributed by atoms with Crippen LogP contribution < -0.4 is 30.9 Å². The average Bonchev–Trinajstić information content (AvgIpc) is 3.51. The minimum Gasteiger partial charge on any atom is -0.491 e. The van der Waals surface area contributed by atoms with Crippen molar-refractivity contribution in [1.82, 2.24) is 20.9 Å². The zero-order valence-electron chi connectivity index (χ0n) is 40.6. The van der Waals surface area contributed by atoms with E-state index in [1.165, 1.54) is 27.1 Å². The number of esters is 1. The smallest absolute Gasteiger partial charge is 0.491 e. The van der Waals surface area contributed by atoms with Crippen molar-refractivity contribution in [2.75, 3.05) is 33.9 Å². The van der Waals surface area contributed by atoms with Gasteiger partial charge < -0.3 is 48.9 Å². The normalized spacial score (nSPS) is 15.2. The van der Waals surface area contributed by atoms with E-state index in [2.05, 4.69) is 20.7 Å². The predicted molar refractivity (Wildman–Crippen MR) is 264 cm³/mol. The summed E-state index contributed by atoms with van der Waals surface area (Å²) in [4.78, 5) is 66.7. The highest BCUT2D eigenvalue weighted by molar-refractivity contribution is 14.1. The number of rotatable bonds is 19. The monoisotopic (exact) mass is 1070 g/mol. The number of ether oxygens (including phenoxy) is 5. The number of nitrogens with one attached hydrogen (secondary N) is 3. The number of carbonyl (C=O) groups excluding carboxylic acids is 5. The fraction of sp³-hybridized carbons (Fsp3) is 0.420. The largest absolute Gasteiger partial charge is 0.498 e. The van der Waals surface area contributed by atoms with E-state index in [4.69, 9.17) is 28.3 Å². The number of hydrogen-bond acceptors (Lipinski definition) is 12. The summed E-state index contributed by atoms with van der Waals surface area (Å²) in [6.07, 6.45) is -2.56. The Morgan fingerprint density at radius 1 is 0.826 bits per heavy atom. The summed E-state index contributed by atoms with van der Waals surface area (Å²) in [7, 11) is 1.55. The van der Waals surface area contributed by atoms with Crippen LogP contribution in [0.1, 0.15) is 89.8 Å². The molecule has 4 aromatic carbocycles. The number of methoxy groups -OCH3 is 1. The van der Waals surface area contributed by atoms with Crippen LogP contribution in [-0.4, -0.2) is 98.7 Å². The molecular weight excluding hydrogens is 1010 g/mol. The third-order valence-corrected chi connectivity index (χ3v) is 12.2. The first-order chi connectivity index (χ1) is 32.5. The standard InChI is InChI=1S/C50H61BFIN4O12/c1-31(44(59)55-29-41(58)63-10)56-45(60)42(35-21-22-39(38(53)28-35)64-24-23-54-46(61)67-48(2,3)4)57(9)47(62)66-40(34-19-15-12-16-20-34)27-33-25-36(51-68-49(5,6)50(7,8)69-51)43(37(52)26-33)65-30-32-17-13-11-14-18-32/h11-22,25-26,28,31,40,42H,23-24,27,29-30H2,1-10H3,(H,54,61)(H,55,59)(H,56,60)/t31-,40?,42-/m0/s1. The highest BCUT2D eigenvalue weighted by Gasteiger charge is 2.53. The van der Waals surface area contributed by atoms with E-state index in [0.29, 0.717) is 31.5 Å². The summed E-state index contributed by atoms with van der Waals surface area (Å²) in [5, 5.41) is 7.69. The molecule has 0 bridgehead atoms. The summed E-state index contributed by atoms with van der Waals surface area (Å²) in [6.45, 7) is 14.2. The van der Waals surface area contributed by atoms with Gasteiger partial charge in [-0.15, -0.1) is 0 Å². The summed E-state index contributed by atoms with van der Waals surface area (Å²) >= 11 is 2.03. The van der Waals surface area contributed by atoms with Gasteiger partial charge in [-0.1, -0.05) is 72.8 Å². The molecule has 0 aromatic heterocycles. The lowest BCUT2D eigenvalue weighted by molar-refractivity contribution is -0.141. The topological polar surface area (TPSA) is 189 Å². The molecule has 0 aliphatic carbocycles. The van der Waals surface area contributed by atoms with Gasteiger partial charge in [-0.2, -0.15) is 0 Å². The number of carbonyl (C=O) groups is 5. The van der Waals surface area contributed by atoms with Crippen molar-refractivity contribution >= 4 is 65.1 Å². The molecule has 5 rings (SSSR count). The molecule has 1 aliphatic heterocycles. The fourth-order valence-electron chi connectivity index (χ4n) is 6.96. The molecule has 0 spiro atoms. The number of hydrogen-bond donors (Lipinski definition) is 3. The lowest BCUT2D eigenvalue weighted by atomic mass is 9.77. The van der Waals surface area contributed by atoms with E-state index in [-0.39, 0.29) is 31.9 Å². The minimum atomic E-state index is -1.38. The molecule has 1 unspecified atom stereocenters. The zero-order valence-corrected chi connectivity index (χ0v) is 42.8. The molecule has 1 heterocycles. The Morgan fingerprint density at radius 3 is 2.07 bits per heavy atom. The van der Waals surface area contributed by atoms with Crippen molar-refractivity contribution in [2.24, 2.45) is 0 Å². The van der Waals surface area contributed by atoms with E-state index in [0.717, 1.165) is 10.5 Å². The van der Waals surface area contributed by atoms with E-state index >= 15 is 4.39 Å². The van der Waals surface area contributed by atoms with Crippen LogP contribution in [0, 0.1) is 9.39 Å². The molecule has 19 heteroatoms. The van der Waals surface area contributed by atoms with Gasteiger partial charge in [0, 0.05) is 18.9 Å². The van der Waals surface area contributed by atoms with Gasteiger partial charge in [0.1, 0.15) is 49.3 Å². The summed E-state index contributed by atoms with van der Waals surface area (Å²) in [6, 6.07) is 23.6. The molecule has 3 N–H and O–H groups in total. The molecule has 0 radical (unpaired) electrons. The lowest BCUT2D eigenvalue weighted by Crippen LogP contribution is -2.50. The third kappa shape index (κ3) is 15.0. The molecule has 4 amide bonds. The number of likely N-dealkylation sites (N-methyl/N-ethyl adjacent to an activating group) is 1. The SMILES string of the molecule is COC(=O)CNC(=O)[C@H](C)NC(=O)[C@H](c1ccc(OCCNC(=O)OC(C)(C)C)c(I)c1)N(C)C(=O)OC(Cc1cc(F)c(OCc2ccccc2)c(B2OC(C)(C)C(C)(C)O2)c1)c1ccccc1. The van der Waals surface area contributed by atoms with Crippen molar-refractivity contribution in [3.05, 3.63) is 123 Å². The van der Waals surface area contributed by atoms with Gasteiger partial charge in [-0.05, 0) is 118 Å². The van der Waals surface area contributed by atoms with E-state index in [9.17, 15) is 24.0 Å². The second-order valence-electron chi connectivity index (χ2n) is 18.4. The van der Waals surface area contributed by atoms with Crippen LogP contribution in [0.2, 0.25) is 0 Å². The van der Waals surface area contributed by atoms with E-state index < -0.39 is 84.4 Å². The Hall–Kier alpha value is -5.93. The molecule has 370 valence electrons. The first kappa shape index (κ1) is 54.0. The maximum Gasteiger partial charge on any atom is 0.498 e. The van der Waals surface area contributed by atoms with Crippen LogP contribution in [0.4, 0.5) is 14.0 Å². The van der Waals surface area contributed by atoms with Gasteiger partial charge in [0.2, 0.25) is 11.8 Å². The maximum absolute atomic E-state index is 16.5. The maximum atomic E-state index is 16.5. The molecule has 0 saturated carbocycles. The molecule has 69 heavy (non-hydrogen) atoms. The first-order valence-corrected chi connectivity index (χ1v) is 23.4. The average molecular weight is 1070 g/mol. The third-order valence-electron chi connectivity index (χ3n) is 11.3. The first-order valence-electron chi connectivity index (χ1n) is 22.4. The van der Waals surface area contributed by atoms with Crippen molar-refractivity contribution < 1.29 is 61.4 Å². The van der Waals surface area contributed by atoms with Crippen LogP contribution >= 0.6 is 22.6 Å². The number of nitrogens with zero attached hydrogens (tertiary/aromatic N) is 1. The van der Waals surface area contributed by atoms with E-state index in [1.54, 1.807) is 75.4 Å². The van der Waals surface area contributed by atoms with Crippen molar-refractivity contribution in [3.8, 4) is 11.5 Å². The van der Waals surface area contributed by atoms with Crippen LogP contribution in [0.5, 0.6) is 11.5 Å². The van der Waals surface area contributed by atoms with Gasteiger partial charge >= 0.3 is 25.3 Å². The molecule has 4 aromatic rings. The van der Waals surface area contributed by atoms with Gasteiger partial charge in [0.05, 0.1) is 28.4 Å². The van der Waals surface area contributed by atoms with E-state index in [1.807, 2.05) is 80.6 Å². The Balaban J connectivity index is 1.44. The Labute approximate surface area is 416 Å². The Bertz CT molecular complexity index is 2420. The Morgan fingerprint density at radius 2 is 1.46 bits per heavy atom. The molecule has 1 aliphatic rings. The molecule has 16 nitrogen and oxygen atoms in total.